The molecule has 0 fully saturated rings. The van der Waals surface area contributed by atoms with E-state index in [1.807, 2.05) is 6.92 Å². The number of carbonyl (C=O) groups is 1. The molecule has 0 heterocycles. The summed E-state index contributed by atoms with van der Waals surface area (Å²) in [5, 5.41) is 0. The van der Waals surface area contributed by atoms with Gasteiger partial charge in [-0.25, -0.2) is 0 Å². The van der Waals surface area contributed by atoms with Gasteiger partial charge in [0.15, 0.2) is 0 Å². The Morgan fingerprint density at radius 2 is 2.09 bits per heavy atom. The average Bonchev–Trinajstić information content (AvgIpc) is 2.02. The average molecular weight is 157 g/mol. The monoisotopic (exact) mass is 157 g/mol. The molecule has 2 heteroatoms. The molecule has 11 heavy (non-hydrogen) atoms. The first kappa shape index (κ1) is 10.5. The van der Waals surface area contributed by atoms with Gasteiger partial charge in [-0.1, -0.05) is 27.2 Å². The first-order valence-corrected chi connectivity index (χ1v) is 4.11. The largest absolute Gasteiger partial charge is 0.462 e. The predicted octanol–water partition coefficient (Wildman–Crippen LogP) is 2.19. The van der Waals surface area contributed by atoms with Crippen LogP contribution in [0.3, 0.4) is 0 Å². The minimum Gasteiger partial charge on any atom is -0.462 e. The molecule has 0 N–H and O–H groups in total. The summed E-state index contributed by atoms with van der Waals surface area (Å²) in [5.74, 6) is 0.219. The molecule has 1 radical (unpaired) electrons. The van der Waals surface area contributed by atoms with Crippen LogP contribution in [-0.4, -0.2) is 12.1 Å². The highest BCUT2D eigenvalue weighted by Crippen LogP contribution is 2.10. The Hall–Kier alpha value is -0.530. The minimum atomic E-state index is -0.224. The van der Waals surface area contributed by atoms with Gasteiger partial charge in [-0.2, -0.15) is 0 Å². The molecule has 0 aliphatic carbocycles. The van der Waals surface area contributed by atoms with Crippen LogP contribution < -0.4 is 0 Å². The number of ether oxygens (including phenoxy) is 1. The molecule has 0 aliphatic rings. The fraction of sp³-hybridized carbons (Fsp3) is 0.778. The molecular weight excluding hydrogens is 140 g/mol. The van der Waals surface area contributed by atoms with Crippen LogP contribution in [0.25, 0.3) is 0 Å². The van der Waals surface area contributed by atoms with Crippen molar-refractivity contribution in [2.24, 2.45) is 5.92 Å². The van der Waals surface area contributed by atoms with E-state index in [2.05, 4.69) is 13.8 Å². The Balaban J connectivity index is 3.67. The smallest absolute Gasteiger partial charge is 0.309 e. The Morgan fingerprint density at radius 3 is 2.45 bits per heavy atom. The van der Waals surface area contributed by atoms with Crippen LogP contribution in [0.1, 0.15) is 34.1 Å². The molecule has 0 aromatic heterocycles. The van der Waals surface area contributed by atoms with E-state index in [0.29, 0.717) is 5.92 Å². The molecule has 0 aromatic carbocycles. The lowest BCUT2D eigenvalue weighted by Crippen LogP contribution is -2.21. The van der Waals surface area contributed by atoms with Crippen molar-refractivity contribution < 1.29 is 9.53 Å². The van der Waals surface area contributed by atoms with Crippen LogP contribution in [0.4, 0.5) is 0 Å². The lowest BCUT2D eigenvalue weighted by atomic mass is 10.0. The summed E-state index contributed by atoms with van der Waals surface area (Å²) in [4.78, 5) is 10.8. The zero-order chi connectivity index (χ0) is 8.85. The van der Waals surface area contributed by atoms with Gasteiger partial charge in [-0.15, -0.1) is 0 Å². The maximum Gasteiger partial charge on any atom is 0.309 e. The SMILES string of the molecule is C[CH]C(=O)OC(C)C(C)CC. The Labute approximate surface area is 68.9 Å². The summed E-state index contributed by atoms with van der Waals surface area (Å²) in [6, 6.07) is 0. The third kappa shape index (κ3) is 4.02. The number of rotatable bonds is 4. The zero-order valence-electron chi connectivity index (χ0n) is 7.76. The number of hydrogen-bond acceptors (Lipinski definition) is 2. The van der Waals surface area contributed by atoms with Crippen LogP contribution in [0.2, 0.25) is 0 Å². The molecule has 2 nitrogen and oxygen atoms in total. The van der Waals surface area contributed by atoms with Gasteiger partial charge in [0, 0.05) is 0 Å². The highest BCUT2D eigenvalue weighted by atomic mass is 16.5. The summed E-state index contributed by atoms with van der Waals surface area (Å²) >= 11 is 0. The van der Waals surface area contributed by atoms with Gasteiger partial charge in [0.25, 0.3) is 0 Å². The summed E-state index contributed by atoms with van der Waals surface area (Å²) in [7, 11) is 0. The van der Waals surface area contributed by atoms with E-state index in [0.717, 1.165) is 6.42 Å². The third-order valence-corrected chi connectivity index (χ3v) is 1.98. The predicted molar refractivity (Wildman–Crippen MR) is 45.0 cm³/mol. The molecule has 0 aliphatic heterocycles. The fourth-order valence-corrected chi connectivity index (χ4v) is 0.699. The second-order valence-electron chi connectivity index (χ2n) is 2.82. The van der Waals surface area contributed by atoms with Gasteiger partial charge in [-0.05, 0) is 12.8 Å². The number of esters is 1. The Bertz CT molecular complexity index is 121. The van der Waals surface area contributed by atoms with Crippen LogP contribution in [0.15, 0.2) is 0 Å². The van der Waals surface area contributed by atoms with Crippen LogP contribution in [0.5, 0.6) is 0 Å². The van der Waals surface area contributed by atoms with Crippen molar-refractivity contribution in [2.75, 3.05) is 0 Å². The minimum absolute atomic E-state index is 0.0312. The zero-order valence-corrected chi connectivity index (χ0v) is 7.76. The van der Waals surface area contributed by atoms with E-state index < -0.39 is 0 Å². The molecule has 2 unspecified atom stereocenters. The second-order valence-corrected chi connectivity index (χ2v) is 2.82. The van der Waals surface area contributed by atoms with Crippen LogP contribution in [-0.2, 0) is 9.53 Å². The molecule has 0 saturated heterocycles. The Morgan fingerprint density at radius 1 is 1.55 bits per heavy atom. The molecule has 0 amide bonds. The highest BCUT2D eigenvalue weighted by molar-refractivity contribution is 5.78. The van der Waals surface area contributed by atoms with Gasteiger partial charge >= 0.3 is 5.97 Å². The third-order valence-electron chi connectivity index (χ3n) is 1.98. The first-order valence-electron chi connectivity index (χ1n) is 4.11. The highest BCUT2D eigenvalue weighted by Gasteiger charge is 2.13. The second kappa shape index (κ2) is 5.16. The summed E-state index contributed by atoms with van der Waals surface area (Å²) in [6.07, 6.45) is 2.51. The van der Waals surface area contributed by atoms with Crippen molar-refractivity contribution in [2.45, 2.75) is 40.2 Å². The molecule has 0 rings (SSSR count). The maximum absolute atomic E-state index is 10.8. The van der Waals surface area contributed by atoms with E-state index in [-0.39, 0.29) is 12.1 Å². The molecule has 65 valence electrons. The molecule has 0 saturated carbocycles. The lowest BCUT2D eigenvalue weighted by molar-refractivity contribution is -0.146. The van der Waals surface area contributed by atoms with Crippen LogP contribution in [0, 0.1) is 12.3 Å². The van der Waals surface area contributed by atoms with Crippen molar-refractivity contribution in [1.29, 1.82) is 0 Å². The standard InChI is InChI=1S/C9H17O2/c1-5-7(3)8(4)11-9(10)6-2/h6-8H,5H2,1-4H3. The van der Waals surface area contributed by atoms with E-state index >= 15 is 0 Å². The summed E-state index contributed by atoms with van der Waals surface area (Å²) < 4.78 is 5.06. The fourth-order valence-electron chi connectivity index (χ4n) is 0.699. The van der Waals surface area contributed by atoms with Crippen molar-refractivity contribution in [3.63, 3.8) is 0 Å². The quantitative estimate of drug-likeness (QED) is 0.585. The van der Waals surface area contributed by atoms with Crippen molar-refractivity contribution >= 4 is 5.97 Å². The topological polar surface area (TPSA) is 26.3 Å². The van der Waals surface area contributed by atoms with Crippen molar-refractivity contribution in [1.82, 2.24) is 0 Å². The molecule has 0 bridgehead atoms. The van der Waals surface area contributed by atoms with E-state index in [4.69, 9.17) is 4.74 Å². The van der Waals surface area contributed by atoms with E-state index in [1.165, 1.54) is 6.42 Å². The van der Waals surface area contributed by atoms with Crippen LogP contribution >= 0.6 is 0 Å². The maximum atomic E-state index is 10.8. The van der Waals surface area contributed by atoms with Gasteiger partial charge < -0.3 is 4.74 Å². The summed E-state index contributed by atoms with van der Waals surface area (Å²) in [5.41, 5.74) is 0. The van der Waals surface area contributed by atoms with E-state index in [9.17, 15) is 4.79 Å². The Kier molecular flexibility index (Phi) is 4.92. The van der Waals surface area contributed by atoms with Crippen molar-refractivity contribution in [3.8, 4) is 0 Å². The lowest BCUT2D eigenvalue weighted by Gasteiger charge is -2.18. The molecular formula is C9H17O2. The van der Waals surface area contributed by atoms with Gasteiger partial charge in [0.1, 0.15) is 6.10 Å². The molecule has 0 aromatic rings. The normalized spacial score (nSPS) is 15.6. The number of hydrogen-bond donors (Lipinski definition) is 0. The van der Waals surface area contributed by atoms with Gasteiger partial charge in [0.2, 0.25) is 0 Å². The molecule has 2 atom stereocenters. The molecule has 0 spiro atoms. The van der Waals surface area contributed by atoms with Gasteiger partial charge in [0.05, 0.1) is 6.42 Å². The van der Waals surface area contributed by atoms with Crippen molar-refractivity contribution in [3.05, 3.63) is 6.42 Å². The van der Waals surface area contributed by atoms with Gasteiger partial charge in [-0.3, -0.25) is 4.79 Å². The summed E-state index contributed by atoms with van der Waals surface area (Å²) in [6.45, 7) is 7.78. The first-order chi connectivity index (χ1) is 5.11. The number of carbonyl (C=O) groups excluding carboxylic acids is 1. The van der Waals surface area contributed by atoms with E-state index in [1.54, 1.807) is 6.92 Å².